The Morgan fingerprint density at radius 3 is 2.88 bits per heavy atom. The molecule has 0 N–H and O–H groups in total. The second kappa shape index (κ2) is 7.90. The molecule has 5 nitrogen and oxygen atoms in total. The van der Waals surface area contributed by atoms with Crippen molar-refractivity contribution in [2.75, 3.05) is 13.7 Å². The van der Waals surface area contributed by atoms with Crippen LogP contribution in [0.4, 0.5) is 4.39 Å². The Balaban J connectivity index is 2.28. The molecule has 0 saturated heterocycles. The van der Waals surface area contributed by atoms with E-state index >= 15 is 0 Å². The standard InChI is InChI=1S/C15H11ClFNO4S2/c1-21-12(19)7-22-14(20)9-4-2-3-5-10(9)15(16)6-11(17)13(24-15)18-8-23/h2-5H,6-7H2,1H3. The number of alkyl halides is 1. The van der Waals surface area contributed by atoms with Crippen LogP contribution in [0.3, 0.4) is 0 Å². The zero-order chi connectivity index (χ0) is 17.7. The van der Waals surface area contributed by atoms with Gasteiger partial charge in [0.1, 0.15) is 15.1 Å². The van der Waals surface area contributed by atoms with Gasteiger partial charge in [-0.15, -0.1) is 11.6 Å². The minimum atomic E-state index is -1.27. The second-order valence-electron chi connectivity index (χ2n) is 4.62. The summed E-state index contributed by atoms with van der Waals surface area (Å²) in [6.07, 6.45) is -0.170. The molecule has 0 aromatic heterocycles. The number of ether oxygens (including phenoxy) is 2. The SMILES string of the molecule is COC(=O)COC(=O)c1ccccc1C1(Cl)CC(F)=C(N=C=S)S1. The summed E-state index contributed by atoms with van der Waals surface area (Å²) in [6, 6.07) is 6.34. The van der Waals surface area contributed by atoms with Crippen LogP contribution in [0.5, 0.6) is 0 Å². The maximum absolute atomic E-state index is 14.0. The molecule has 1 aromatic carbocycles. The van der Waals surface area contributed by atoms with Crippen molar-refractivity contribution >= 4 is 52.7 Å². The highest BCUT2D eigenvalue weighted by atomic mass is 35.5. The normalized spacial score (nSPS) is 19.6. The van der Waals surface area contributed by atoms with Crippen molar-refractivity contribution < 1.29 is 23.5 Å². The number of halogens is 2. The van der Waals surface area contributed by atoms with Crippen LogP contribution in [0, 0.1) is 0 Å². The number of isothiocyanates is 1. The Hall–Kier alpha value is -1.73. The molecule has 1 aliphatic rings. The largest absolute Gasteiger partial charge is 0.466 e. The first kappa shape index (κ1) is 18.6. The summed E-state index contributed by atoms with van der Waals surface area (Å²) < 4.78 is 22.0. The van der Waals surface area contributed by atoms with Gasteiger partial charge in [-0.1, -0.05) is 30.0 Å². The number of allylic oxidation sites excluding steroid dienone is 1. The number of carbonyl (C=O) groups excluding carboxylic acids is 2. The number of nitrogens with zero attached hydrogens (tertiary/aromatic N) is 1. The van der Waals surface area contributed by atoms with Gasteiger partial charge in [-0.2, -0.15) is 4.99 Å². The number of thioether (sulfide) groups is 1. The maximum Gasteiger partial charge on any atom is 0.344 e. The van der Waals surface area contributed by atoms with E-state index in [9.17, 15) is 14.0 Å². The smallest absolute Gasteiger partial charge is 0.344 e. The molecule has 24 heavy (non-hydrogen) atoms. The fraction of sp³-hybridized carbons (Fsp3) is 0.267. The summed E-state index contributed by atoms with van der Waals surface area (Å²) in [6.45, 7) is -0.529. The minimum Gasteiger partial charge on any atom is -0.466 e. The predicted octanol–water partition coefficient (Wildman–Crippen LogP) is 3.79. The summed E-state index contributed by atoms with van der Waals surface area (Å²) in [4.78, 5) is 27.0. The molecular weight excluding hydrogens is 377 g/mol. The van der Waals surface area contributed by atoms with Gasteiger partial charge in [0.25, 0.3) is 0 Å². The number of hydrogen-bond acceptors (Lipinski definition) is 7. The number of aliphatic imine (C=N–C) groups is 1. The average molecular weight is 388 g/mol. The van der Waals surface area contributed by atoms with Gasteiger partial charge >= 0.3 is 11.9 Å². The van der Waals surface area contributed by atoms with Gasteiger partial charge in [0.15, 0.2) is 6.61 Å². The first-order valence-corrected chi connectivity index (χ1v) is 8.19. The first-order valence-electron chi connectivity index (χ1n) is 6.59. The van der Waals surface area contributed by atoms with Crippen molar-refractivity contribution in [3.8, 4) is 0 Å². The summed E-state index contributed by atoms with van der Waals surface area (Å²) in [7, 11) is 1.18. The third-order valence-electron chi connectivity index (χ3n) is 3.12. The molecule has 1 heterocycles. The number of methoxy groups -OCH3 is 1. The molecule has 0 amide bonds. The van der Waals surface area contributed by atoms with Gasteiger partial charge < -0.3 is 9.47 Å². The van der Waals surface area contributed by atoms with Crippen LogP contribution in [0.25, 0.3) is 0 Å². The summed E-state index contributed by atoms with van der Waals surface area (Å²) in [5, 5.41) is 2.12. The molecule has 0 saturated carbocycles. The van der Waals surface area contributed by atoms with E-state index in [0.717, 1.165) is 11.8 Å². The average Bonchev–Trinajstić information content (AvgIpc) is 2.87. The first-order chi connectivity index (χ1) is 11.4. The Morgan fingerprint density at radius 1 is 1.50 bits per heavy atom. The number of rotatable bonds is 5. The molecule has 1 unspecified atom stereocenters. The molecule has 0 bridgehead atoms. The Bertz CT molecular complexity index is 764. The van der Waals surface area contributed by atoms with E-state index in [0.29, 0.717) is 5.56 Å². The molecule has 1 aliphatic heterocycles. The zero-order valence-corrected chi connectivity index (χ0v) is 14.8. The van der Waals surface area contributed by atoms with Crippen molar-refractivity contribution in [2.24, 2.45) is 4.99 Å². The van der Waals surface area contributed by atoms with Crippen LogP contribution in [0.1, 0.15) is 22.3 Å². The molecule has 9 heteroatoms. The van der Waals surface area contributed by atoms with E-state index in [4.69, 9.17) is 16.3 Å². The van der Waals surface area contributed by atoms with E-state index in [2.05, 4.69) is 27.1 Å². The highest BCUT2D eigenvalue weighted by molar-refractivity contribution is 8.05. The van der Waals surface area contributed by atoms with Crippen molar-refractivity contribution in [3.05, 3.63) is 46.2 Å². The van der Waals surface area contributed by atoms with Gasteiger partial charge in [0, 0.05) is 6.42 Å². The van der Waals surface area contributed by atoms with Crippen LogP contribution < -0.4 is 0 Å². The quantitative estimate of drug-likeness (QED) is 0.331. The molecule has 0 radical (unpaired) electrons. The maximum atomic E-state index is 14.0. The van der Waals surface area contributed by atoms with E-state index in [1.165, 1.54) is 13.2 Å². The van der Waals surface area contributed by atoms with Crippen molar-refractivity contribution in [3.63, 3.8) is 0 Å². The van der Waals surface area contributed by atoms with Crippen molar-refractivity contribution in [2.45, 2.75) is 10.6 Å². The van der Waals surface area contributed by atoms with Gasteiger partial charge in [-0.25, -0.2) is 14.0 Å². The topological polar surface area (TPSA) is 65.0 Å². The molecular formula is C15H11ClFNO4S2. The monoisotopic (exact) mass is 387 g/mol. The van der Waals surface area contributed by atoms with Crippen molar-refractivity contribution in [1.82, 2.24) is 0 Å². The zero-order valence-electron chi connectivity index (χ0n) is 12.4. The lowest BCUT2D eigenvalue weighted by Gasteiger charge is -2.22. The number of carbonyl (C=O) groups is 2. The summed E-state index contributed by atoms with van der Waals surface area (Å²) in [5.74, 6) is -1.99. The Morgan fingerprint density at radius 2 is 2.21 bits per heavy atom. The Labute approximate surface area is 151 Å². The minimum absolute atomic E-state index is 0.0257. The van der Waals surface area contributed by atoms with Crippen LogP contribution in [-0.2, 0) is 18.5 Å². The molecule has 0 spiro atoms. The van der Waals surface area contributed by atoms with Gasteiger partial charge in [-0.3, -0.25) is 0 Å². The van der Waals surface area contributed by atoms with Gasteiger partial charge in [0.2, 0.25) is 0 Å². The highest BCUT2D eigenvalue weighted by Gasteiger charge is 2.43. The second-order valence-corrected chi connectivity index (χ2v) is 6.96. The van der Waals surface area contributed by atoms with E-state index in [1.807, 2.05) is 0 Å². The molecule has 0 aliphatic carbocycles. The van der Waals surface area contributed by atoms with E-state index in [1.54, 1.807) is 18.2 Å². The predicted molar refractivity (Wildman–Crippen MR) is 91.6 cm³/mol. The third kappa shape index (κ3) is 4.02. The number of benzene rings is 1. The lowest BCUT2D eigenvalue weighted by atomic mass is 10.0. The molecule has 1 aromatic rings. The van der Waals surface area contributed by atoms with Gasteiger partial charge in [0.05, 0.1) is 17.8 Å². The number of thiocarbonyl (C=S) groups is 1. The number of hydrogen-bond donors (Lipinski definition) is 0. The molecule has 2 rings (SSSR count). The molecule has 126 valence electrons. The fourth-order valence-electron chi connectivity index (χ4n) is 2.04. The highest BCUT2D eigenvalue weighted by Crippen LogP contribution is 2.57. The van der Waals surface area contributed by atoms with E-state index in [-0.39, 0.29) is 17.0 Å². The molecule has 0 fully saturated rings. The van der Waals surface area contributed by atoms with Crippen LogP contribution >= 0.6 is 35.6 Å². The third-order valence-corrected chi connectivity index (χ3v) is 4.97. The van der Waals surface area contributed by atoms with Crippen LogP contribution in [0.2, 0.25) is 0 Å². The number of esters is 2. The Kier molecular flexibility index (Phi) is 6.12. The van der Waals surface area contributed by atoms with Crippen molar-refractivity contribution in [1.29, 1.82) is 0 Å². The van der Waals surface area contributed by atoms with E-state index < -0.39 is 28.6 Å². The molecule has 1 atom stereocenters. The van der Waals surface area contributed by atoms with Crippen LogP contribution in [0.15, 0.2) is 40.1 Å². The lowest BCUT2D eigenvalue weighted by Crippen LogP contribution is -2.20. The van der Waals surface area contributed by atoms with Gasteiger partial charge in [-0.05, 0) is 23.8 Å². The van der Waals surface area contributed by atoms with Crippen LogP contribution in [-0.4, -0.2) is 30.8 Å². The summed E-state index contributed by atoms with van der Waals surface area (Å²) in [5.41, 5.74) is 0.487. The summed E-state index contributed by atoms with van der Waals surface area (Å²) >= 11 is 11.9. The fourth-order valence-corrected chi connectivity index (χ4v) is 3.76. The lowest BCUT2D eigenvalue weighted by molar-refractivity contribution is -0.144.